The van der Waals surface area contributed by atoms with Gasteiger partial charge < -0.3 is 4.84 Å². The first-order valence-corrected chi connectivity index (χ1v) is 3.86. The number of hydrogen-bond donors (Lipinski definition) is 1. The third-order valence-corrected chi connectivity index (χ3v) is 1.18. The van der Waals surface area contributed by atoms with Crippen LogP contribution < -0.4 is 5.48 Å². The molecule has 0 rings (SSSR count). The molecule has 0 aliphatic carbocycles. The quantitative estimate of drug-likeness (QED) is 0.614. The molecular formula is C8H17NO2. The Bertz CT molecular complexity index is 132. The summed E-state index contributed by atoms with van der Waals surface area (Å²) in [4.78, 5) is 15.7. The van der Waals surface area contributed by atoms with Crippen molar-refractivity contribution >= 4 is 5.78 Å². The zero-order valence-corrected chi connectivity index (χ0v) is 7.73. The molecule has 0 fully saturated rings. The number of Topliss-reactive ketones (excluding diaryl/α,β-unsaturated/α-hetero) is 1. The number of nitrogens with one attached hydrogen (secondary N) is 1. The maximum Gasteiger partial charge on any atom is 0.131 e. The average Bonchev–Trinajstić information content (AvgIpc) is 1.81. The first kappa shape index (κ1) is 10.6. The van der Waals surface area contributed by atoms with Gasteiger partial charge in [0.2, 0.25) is 0 Å². The third-order valence-electron chi connectivity index (χ3n) is 1.18. The molecule has 0 heterocycles. The Morgan fingerprint density at radius 2 is 2.09 bits per heavy atom. The van der Waals surface area contributed by atoms with Gasteiger partial charge in [0, 0.05) is 12.0 Å². The van der Waals surface area contributed by atoms with Gasteiger partial charge in [-0.15, -0.1) is 0 Å². The van der Waals surface area contributed by atoms with Crippen LogP contribution >= 0.6 is 0 Å². The summed E-state index contributed by atoms with van der Waals surface area (Å²) in [5.74, 6) is 0.169. The van der Waals surface area contributed by atoms with Crippen molar-refractivity contribution in [1.29, 1.82) is 0 Å². The molecular weight excluding hydrogens is 142 g/mol. The van der Waals surface area contributed by atoms with Gasteiger partial charge >= 0.3 is 0 Å². The van der Waals surface area contributed by atoms with Gasteiger partial charge in [-0.3, -0.25) is 4.79 Å². The van der Waals surface area contributed by atoms with Crippen molar-refractivity contribution in [2.45, 2.75) is 39.7 Å². The van der Waals surface area contributed by atoms with Crippen molar-refractivity contribution in [3.8, 4) is 0 Å². The predicted molar refractivity (Wildman–Crippen MR) is 44.1 cm³/mol. The fourth-order valence-corrected chi connectivity index (χ4v) is 0.926. The summed E-state index contributed by atoms with van der Waals surface area (Å²) in [6.07, 6.45) is 0.493. The molecule has 66 valence electrons. The first-order valence-electron chi connectivity index (χ1n) is 3.86. The summed E-state index contributed by atoms with van der Waals surface area (Å²) >= 11 is 0. The number of rotatable bonds is 5. The maximum absolute atomic E-state index is 10.7. The van der Waals surface area contributed by atoms with E-state index >= 15 is 0 Å². The van der Waals surface area contributed by atoms with Gasteiger partial charge in [0.05, 0.1) is 6.61 Å². The Morgan fingerprint density at radius 3 is 2.45 bits per heavy atom. The highest BCUT2D eigenvalue weighted by Gasteiger charge is 2.19. The molecule has 3 heteroatoms. The lowest BCUT2D eigenvalue weighted by Crippen LogP contribution is -2.40. The van der Waals surface area contributed by atoms with Crippen molar-refractivity contribution in [2.24, 2.45) is 0 Å². The van der Waals surface area contributed by atoms with Crippen molar-refractivity contribution in [3.63, 3.8) is 0 Å². The van der Waals surface area contributed by atoms with E-state index < -0.39 is 0 Å². The van der Waals surface area contributed by atoms with E-state index in [1.807, 2.05) is 20.8 Å². The Labute approximate surface area is 68.1 Å². The van der Waals surface area contributed by atoms with E-state index in [2.05, 4.69) is 5.48 Å². The van der Waals surface area contributed by atoms with Crippen LogP contribution in [0, 0.1) is 0 Å². The van der Waals surface area contributed by atoms with E-state index in [1.54, 1.807) is 6.92 Å². The molecule has 0 radical (unpaired) electrons. The predicted octanol–water partition coefficient (Wildman–Crippen LogP) is 1.29. The molecule has 0 saturated heterocycles. The number of carbonyl (C=O) groups excluding carboxylic acids is 1. The Morgan fingerprint density at radius 1 is 1.55 bits per heavy atom. The topological polar surface area (TPSA) is 38.3 Å². The van der Waals surface area contributed by atoms with Crippen molar-refractivity contribution in [1.82, 2.24) is 5.48 Å². The zero-order valence-electron chi connectivity index (χ0n) is 7.73. The van der Waals surface area contributed by atoms with Crippen LogP contribution in [-0.2, 0) is 9.63 Å². The molecule has 11 heavy (non-hydrogen) atoms. The fraction of sp³-hybridized carbons (Fsp3) is 0.875. The second-order valence-electron chi connectivity index (χ2n) is 3.30. The van der Waals surface area contributed by atoms with Crippen LogP contribution in [0.5, 0.6) is 0 Å². The van der Waals surface area contributed by atoms with Crippen LogP contribution in [0.1, 0.15) is 34.1 Å². The maximum atomic E-state index is 10.7. The van der Waals surface area contributed by atoms with Gasteiger partial charge in [-0.2, -0.15) is 5.48 Å². The number of carbonyl (C=O) groups is 1. The highest BCUT2D eigenvalue weighted by molar-refractivity contribution is 5.76. The van der Waals surface area contributed by atoms with Crippen LogP contribution in [0.3, 0.4) is 0 Å². The SMILES string of the molecule is CCONC(C)(C)CC(C)=O. The van der Waals surface area contributed by atoms with Crippen LogP contribution in [0.25, 0.3) is 0 Å². The van der Waals surface area contributed by atoms with Gasteiger partial charge in [-0.1, -0.05) is 0 Å². The standard InChI is InChI=1S/C8H17NO2/c1-5-11-9-8(3,4)6-7(2)10/h9H,5-6H2,1-4H3. The van der Waals surface area contributed by atoms with Crippen molar-refractivity contribution < 1.29 is 9.63 Å². The number of hydroxylamine groups is 1. The second kappa shape index (κ2) is 4.46. The molecule has 0 atom stereocenters. The Balaban J connectivity index is 3.70. The lowest BCUT2D eigenvalue weighted by molar-refractivity contribution is -0.120. The summed E-state index contributed by atoms with van der Waals surface area (Å²) in [6, 6.07) is 0. The van der Waals surface area contributed by atoms with Crippen LogP contribution in [0.15, 0.2) is 0 Å². The van der Waals surface area contributed by atoms with Crippen LogP contribution in [-0.4, -0.2) is 17.9 Å². The smallest absolute Gasteiger partial charge is 0.131 e. The molecule has 1 N–H and O–H groups in total. The largest absolute Gasteiger partial charge is 0.302 e. The van der Waals surface area contributed by atoms with Gasteiger partial charge in [0.15, 0.2) is 0 Å². The molecule has 0 bridgehead atoms. The molecule has 0 unspecified atom stereocenters. The molecule has 3 nitrogen and oxygen atoms in total. The minimum atomic E-state index is -0.248. The van der Waals surface area contributed by atoms with E-state index in [0.29, 0.717) is 13.0 Å². The molecule has 0 spiro atoms. The molecule has 0 amide bonds. The van der Waals surface area contributed by atoms with Gasteiger partial charge in [0.1, 0.15) is 5.78 Å². The van der Waals surface area contributed by atoms with E-state index in [1.165, 1.54) is 0 Å². The minimum Gasteiger partial charge on any atom is -0.302 e. The highest BCUT2D eigenvalue weighted by Crippen LogP contribution is 2.07. The molecule has 0 saturated carbocycles. The van der Waals surface area contributed by atoms with Gasteiger partial charge in [-0.25, -0.2) is 0 Å². The van der Waals surface area contributed by atoms with Crippen LogP contribution in [0.4, 0.5) is 0 Å². The average molecular weight is 159 g/mol. The van der Waals surface area contributed by atoms with Crippen molar-refractivity contribution in [2.75, 3.05) is 6.61 Å². The van der Waals surface area contributed by atoms with Gasteiger partial charge in [0.25, 0.3) is 0 Å². The first-order chi connectivity index (χ1) is 4.98. The highest BCUT2D eigenvalue weighted by atomic mass is 16.6. The normalized spacial score (nSPS) is 11.6. The van der Waals surface area contributed by atoms with E-state index in [0.717, 1.165) is 0 Å². The molecule has 0 aromatic carbocycles. The molecule has 0 aliphatic rings. The lowest BCUT2D eigenvalue weighted by Gasteiger charge is -2.23. The minimum absolute atomic E-state index is 0.169. The Hall–Kier alpha value is -0.410. The molecule has 0 aromatic rings. The summed E-state index contributed by atoms with van der Waals surface area (Å²) in [6.45, 7) is 7.96. The molecule has 0 aliphatic heterocycles. The summed E-state index contributed by atoms with van der Waals surface area (Å²) < 4.78 is 0. The summed E-state index contributed by atoms with van der Waals surface area (Å²) in [7, 11) is 0. The number of hydrogen-bond acceptors (Lipinski definition) is 3. The lowest BCUT2D eigenvalue weighted by atomic mass is 10.00. The second-order valence-corrected chi connectivity index (χ2v) is 3.30. The zero-order chi connectivity index (χ0) is 8.91. The summed E-state index contributed by atoms with van der Waals surface area (Å²) in [5.41, 5.74) is 2.57. The Kier molecular flexibility index (Phi) is 4.30. The van der Waals surface area contributed by atoms with E-state index in [4.69, 9.17) is 4.84 Å². The third kappa shape index (κ3) is 6.01. The van der Waals surface area contributed by atoms with E-state index in [-0.39, 0.29) is 11.3 Å². The molecule has 0 aromatic heterocycles. The number of ketones is 1. The van der Waals surface area contributed by atoms with E-state index in [9.17, 15) is 4.79 Å². The monoisotopic (exact) mass is 159 g/mol. The fourth-order valence-electron chi connectivity index (χ4n) is 0.926. The summed E-state index contributed by atoms with van der Waals surface area (Å²) in [5, 5.41) is 0. The van der Waals surface area contributed by atoms with Crippen LogP contribution in [0.2, 0.25) is 0 Å². The van der Waals surface area contributed by atoms with Crippen molar-refractivity contribution in [3.05, 3.63) is 0 Å². The van der Waals surface area contributed by atoms with Gasteiger partial charge in [-0.05, 0) is 27.7 Å².